The molecule has 0 aromatic heterocycles. The van der Waals surface area contributed by atoms with E-state index >= 15 is 0 Å². The van der Waals surface area contributed by atoms with Crippen molar-refractivity contribution in [3.63, 3.8) is 0 Å². The Morgan fingerprint density at radius 3 is 2.70 bits per heavy atom. The lowest BCUT2D eigenvalue weighted by molar-refractivity contribution is -0.117. The van der Waals surface area contributed by atoms with E-state index in [0.29, 0.717) is 11.3 Å². The molecule has 0 radical (unpaired) electrons. The molecule has 1 atom stereocenters. The Balaban J connectivity index is 1.74. The van der Waals surface area contributed by atoms with Crippen molar-refractivity contribution in [2.45, 2.75) is 26.3 Å². The predicted octanol–water partition coefficient (Wildman–Crippen LogP) is 3.28. The summed E-state index contributed by atoms with van der Waals surface area (Å²) < 4.78 is 0. The van der Waals surface area contributed by atoms with Gasteiger partial charge in [0.05, 0.1) is 0 Å². The number of para-hydroxylation sites is 1. The molecule has 0 saturated carbocycles. The Morgan fingerprint density at radius 2 is 1.91 bits per heavy atom. The van der Waals surface area contributed by atoms with Crippen LogP contribution >= 0.6 is 0 Å². The Labute approximate surface area is 136 Å². The van der Waals surface area contributed by atoms with Crippen molar-refractivity contribution in [3.8, 4) is 0 Å². The van der Waals surface area contributed by atoms with Crippen molar-refractivity contribution in [1.29, 1.82) is 0 Å². The summed E-state index contributed by atoms with van der Waals surface area (Å²) in [6.07, 6.45) is 0.966. The van der Waals surface area contributed by atoms with Crippen LogP contribution in [0.2, 0.25) is 0 Å². The van der Waals surface area contributed by atoms with Crippen LogP contribution < -0.4 is 10.2 Å². The van der Waals surface area contributed by atoms with Crippen molar-refractivity contribution < 1.29 is 9.59 Å². The van der Waals surface area contributed by atoms with Gasteiger partial charge in [0.1, 0.15) is 6.04 Å². The standard InChI is InChI=1S/C19H20N2O2/c1-13(21-11-10-15-6-3-4-9-18(15)21)19(23)20-17-8-5-7-16(12-17)14(2)22/h3-9,12-13H,10-11H2,1-2H3,(H,20,23)/t13-/m1/s1. The van der Waals surface area contributed by atoms with Gasteiger partial charge in [-0.15, -0.1) is 0 Å². The average molecular weight is 308 g/mol. The first kappa shape index (κ1) is 15.3. The van der Waals surface area contributed by atoms with Crippen LogP contribution in [0, 0.1) is 0 Å². The lowest BCUT2D eigenvalue weighted by Gasteiger charge is -2.26. The lowest BCUT2D eigenvalue weighted by Crippen LogP contribution is -2.41. The zero-order valence-electron chi connectivity index (χ0n) is 13.4. The van der Waals surface area contributed by atoms with E-state index in [4.69, 9.17) is 0 Å². The number of Topliss-reactive ketones (excluding diaryl/α,β-unsaturated/α-hetero) is 1. The molecular formula is C19H20N2O2. The van der Waals surface area contributed by atoms with Crippen LogP contribution in [0.25, 0.3) is 0 Å². The van der Waals surface area contributed by atoms with Crippen LogP contribution in [0.4, 0.5) is 11.4 Å². The molecule has 0 spiro atoms. The Bertz CT molecular complexity index is 755. The molecule has 1 amide bonds. The maximum atomic E-state index is 12.6. The number of hydrogen-bond acceptors (Lipinski definition) is 3. The molecule has 4 heteroatoms. The van der Waals surface area contributed by atoms with Gasteiger partial charge in [-0.1, -0.05) is 30.3 Å². The summed E-state index contributed by atoms with van der Waals surface area (Å²) in [5.41, 5.74) is 3.67. The third kappa shape index (κ3) is 3.11. The summed E-state index contributed by atoms with van der Waals surface area (Å²) >= 11 is 0. The Hall–Kier alpha value is -2.62. The number of carbonyl (C=O) groups excluding carboxylic acids is 2. The molecule has 4 nitrogen and oxygen atoms in total. The minimum atomic E-state index is -0.264. The Morgan fingerprint density at radius 1 is 1.13 bits per heavy atom. The molecule has 23 heavy (non-hydrogen) atoms. The third-order valence-corrected chi connectivity index (χ3v) is 4.31. The predicted molar refractivity (Wildman–Crippen MR) is 92.0 cm³/mol. The number of nitrogens with one attached hydrogen (secondary N) is 1. The average Bonchev–Trinajstić information content (AvgIpc) is 2.98. The van der Waals surface area contributed by atoms with Gasteiger partial charge in [-0.2, -0.15) is 0 Å². The largest absolute Gasteiger partial charge is 0.359 e. The van der Waals surface area contributed by atoms with Crippen LogP contribution in [0.1, 0.15) is 29.8 Å². The molecule has 118 valence electrons. The highest BCUT2D eigenvalue weighted by atomic mass is 16.2. The number of fused-ring (bicyclic) bond motifs is 1. The number of benzene rings is 2. The minimum absolute atomic E-state index is 0.0115. The van der Waals surface area contributed by atoms with Crippen LogP contribution in [0.5, 0.6) is 0 Å². The molecular weight excluding hydrogens is 288 g/mol. The van der Waals surface area contributed by atoms with Gasteiger partial charge < -0.3 is 10.2 Å². The van der Waals surface area contributed by atoms with Gasteiger partial charge >= 0.3 is 0 Å². The number of anilines is 2. The second kappa shape index (κ2) is 6.24. The zero-order valence-corrected chi connectivity index (χ0v) is 13.4. The number of nitrogens with zero attached hydrogens (tertiary/aromatic N) is 1. The summed E-state index contributed by atoms with van der Waals surface area (Å²) in [7, 11) is 0. The maximum Gasteiger partial charge on any atom is 0.246 e. The molecule has 0 unspecified atom stereocenters. The van der Waals surface area contributed by atoms with E-state index in [1.54, 1.807) is 24.3 Å². The van der Waals surface area contributed by atoms with E-state index in [1.807, 2.05) is 19.1 Å². The second-order valence-electron chi connectivity index (χ2n) is 5.87. The molecule has 1 heterocycles. The van der Waals surface area contributed by atoms with Gasteiger partial charge in [0.15, 0.2) is 5.78 Å². The fraction of sp³-hybridized carbons (Fsp3) is 0.263. The fourth-order valence-electron chi connectivity index (χ4n) is 2.97. The Kier molecular flexibility index (Phi) is 4.15. The van der Waals surface area contributed by atoms with Gasteiger partial charge in [0.25, 0.3) is 0 Å². The van der Waals surface area contributed by atoms with Crippen molar-refractivity contribution >= 4 is 23.1 Å². The van der Waals surface area contributed by atoms with E-state index in [0.717, 1.165) is 18.7 Å². The van der Waals surface area contributed by atoms with E-state index in [-0.39, 0.29) is 17.7 Å². The maximum absolute atomic E-state index is 12.6. The molecule has 1 aliphatic heterocycles. The van der Waals surface area contributed by atoms with E-state index in [1.165, 1.54) is 12.5 Å². The van der Waals surface area contributed by atoms with E-state index in [2.05, 4.69) is 22.3 Å². The van der Waals surface area contributed by atoms with E-state index in [9.17, 15) is 9.59 Å². The second-order valence-corrected chi connectivity index (χ2v) is 5.87. The highest BCUT2D eigenvalue weighted by Crippen LogP contribution is 2.29. The molecule has 1 aliphatic rings. The monoisotopic (exact) mass is 308 g/mol. The molecule has 0 fully saturated rings. The van der Waals surface area contributed by atoms with Gasteiger partial charge in [0, 0.05) is 23.5 Å². The summed E-state index contributed by atoms with van der Waals surface area (Å²) in [6, 6.07) is 15.0. The van der Waals surface area contributed by atoms with Crippen molar-refractivity contribution in [3.05, 3.63) is 59.7 Å². The summed E-state index contributed by atoms with van der Waals surface area (Å²) in [4.78, 5) is 26.1. The lowest BCUT2D eigenvalue weighted by atomic mass is 10.1. The van der Waals surface area contributed by atoms with Crippen molar-refractivity contribution in [2.24, 2.45) is 0 Å². The van der Waals surface area contributed by atoms with Crippen LogP contribution in [0.15, 0.2) is 48.5 Å². The van der Waals surface area contributed by atoms with Crippen LogP contribution in [-0.4, -0.2) is 24.3 Å². The topological polar surface area (TPSA) is 49.4 Å². The first-order chi connectivity index (χ1) is 11.1. The van der Waals surface area contributed by atoms with Crippen LogP contribution in [0.3, 0.4) is 0 Å². The van der Waals surface area contributed by atoms with Gasteiger partial charge in [-0.05, 0) is 44.0 Å². The number of ketones is 1. The first-order valence-corrected chi connectivity index (χ1v) is 7.82. The smallest absolute Gasteiger partial charge is 0.246 e. The molecule has 0 bridgehead atoms. The highest BCUT2D eigenvalue weighted by Gasteiger charge is 2.27. The highest BCUT2D eigenvalue weighted by molar-refractivity contribution is 5.99. The first-order valence-electron chi connectivity index (χ1n) is 7.82. The fourth-order valence-corrected chi connectivity index (χ4v) is 2.97. The molecule has 1 N–H and O–H groups in total. The number of rotatable bonds is 4. The van der Waals surface area contributed by atoms with Crippen molar-refractivity contribution in [2.75, 3.05) is 16.8 Å². The third-order valence-electron chi connectivity index (χ3n) is 4.31. The van der Waals surface area contributed by atoms with Crippen LogP contribution in [-0.2, 0) is 11.2 Å². The molecule has 2 aromatic carbocycles. The molecule has 2 aromatic rings. The quantitative estimate of drug-likeness (QED) is 0.882. The van der Waals surface area contributed by atoms with Crippen molar-refractivity contribution in [1.82, 2.24) is 0 Å². The number of carbonyl (C=O) groups is 2. The minimum Gasteiger partial charge on any atom is -0.359 e. The zero-order chi connectivity index (χ0) is 16.4. The van der Waals surface area contributed by atoms with E-state index < -0.39 is 0 Å². The van der Waals surface area contributed by atoms with Gasteiger partial charge in [-0.3, -0.25) is 9.59 Å². The molecule has 0 aliphatic carbocycles. The molecule has 3 rings (SSSR count). The number of amides is 1. The summed E-state index contributed by atoms with van der Waals surface area (Å²) in [5.74, 6) is -0.0787. The normalized spacial score (nSPS) is 14.3. The SMILES string of the molecule is CC(=O)c1cccc(NC(=O)[C@@H](C)N2CCc3ccccc32)c1. The summed E-state index contributed by atoms with van der Waals surface area (Å²) in [5, 5.41) is 2.91. The molecule has 0 saturated heterocycles. The van der Waals surface area contributed by atoms with Gasteiger partial charge in [0.2, 0.25) is 5.91 Å². The summed E-state index contributed by atoms with van der Waals surface area (Å²) in [6.45, 7) is 4.28. The van der Waals surface area contributed by atoms with Gasteiger partial charge in [-0.25, -0.2) is 0 Å². The number of hydrogen-bond donors (Lipinski definition) is 1.